The lowest BCUT2D eigenvalue weighted by Crippen LogP contribution is -2.18. The van der Waals surface area contributed by atoms with Gasteiger partial charge in [-0.3, -0.25) is 4.79 Å². The number of anilines is 1. The molecule has 0 saturated heterocycles. The second-order valence-corrected chi connectivity index (χ2v) is 6.21. The fourth-order valence-electron chi connectivity index (χ4n) is 2.87. The van der Waals surface area contributed by atoms with Crippen LogP contribution in [0.15, 0.2) is 85.2 Å². The molecule has 1 amide bonds. The number of para-hydroxylation sites is 2. The summed E-state index contributed by atoms with van der Waals surface area (Å²) in [4.78, 5) is 16.6. The Balaban J connectivity index is 1.34. The summed E-state index contributed by atoms with van der Waals surface area (Å²) in [7, 11) is 0. The molecule has 0 radical (unpaired) electrons. The fourth-order valence-corrected chi connectivity index (χ4v) is 2.87. The topological polar surface area (TPSA) is 56.2 Å². The van der Waals surface area contributed by atoms with Gasteiger partial charge in [0.2, 0.25) is 5.91 Å². The molecule has 0 saturated carbocycles. The predicted molar refractivity (Wildman–Crippen MR) is 106 cm³/mol. The molecule has 27 heavy (non-hydrogen) atoms. The number of carbonyl (C=O) groups excluding carboxylic acids is 1. The van der Waals surface area contributed by atoms with Gasteiger partial charge in [0.05, 0.1) is 17.4 Å². The first kappa shape index (κ1) is 16.8. The number of nitrogens with one attached hydrogen (secondary N) is 1. The van der Waals surface area contributed by atoms with Crippen molar-refractivity contribution in [2.24, 2.45) is 0 Å². The number of nitrogens with zero attached hydrogens (tertiary/aromatic N) is 2. The summed E-state index contributed by atoms with van der Waals surface area (Å²) in [6.07, 6.45) is 1.69. The van der Waals surface area contributed by atoms with Crippen molar-refractivity contribution < 1.29 is 9.53 Å². The number of fused-ring (bicyclic) bond motifs is 1. The predicted octanol–water partition coefficient (Wildman–Crippen LogP) is 4.25. The average molecular weight is 357 g/mol. The maximum absolute atomic E-state index is 12.3. The van der Waals surface area contributed by atoms with E-state index in [0.717, 1.165) is 28.0 Å². The first-order valence-corrected chi connectivity index (χ1v) is 8.74. The van der Waals surface area contributed by atoms with Crippen LogP contribution >= 0.6 is 0 Å². The highest BCUT2D eigenvalue weighted by atomic mass is 16.5. The zero-order chi connectivity index (χ0) is 18.5. The van der Waals surface area contributed by atoms with Crippen molar-refractivity contribution in [3.63, 3.8) is 0 Å². The number of benzene rings is 3. The third-order valence-electron chi connectivity index (χ3n) is 4.23. The smallest absolute Gasteiger partial charge is 0.244 e. The van der Waals surface area contributed by atoms with Crippen molar-refractivity contribution in [3.8, 4) is 5.75 Å². The number of hydrogen-bond acceptors (Lipinski definition) is 3. The van der Waals surface area contributed by atoms with Gasteiger partial charge in [0.1, 0.15) is 18.9 Å². The van der Waals surface area contributed by atoms with Gasteiger partial charge in [-0.05, 0) is 42.0 Å². The molecule has 4 aromatic rings. The highest BCUT2D eigenvalue weighted by molar-refractivity contribution is 5.91. The number of amides is 1. The van der Waals surface area contributed by atoms with Crippen molar-refractivity contribution in [2.45, 2.75) is 13.2 Å². The van der Waals surface area contributed by atoms with E-state index in [0.29, 0.717) is 6.61 Å². The third-order valence-corrected chi connectivity index (χ3v) is 4.23. The van der Waals surface area contributed by atoms with E-state index in [1.54, 1.807) is 6.33 Å². The number of carbonyl (C=O) groups is 1. The van der Waals surface area contributed by atoms with Gasteiger partial charge in [0.25, 0.3) is 0 Å². The van der Waals surface area contributed by atoms with E-state index in [4.69, 9.17) is 4.74 Å². The molecule has 134 valence electrons. The van der Waals surface area contributed by atoms with Crippen LogP contribution in [0.25, 0.3) is 11.0 Å². The van der Waals surface area contributed by atoms with Crippen LogP contribution in [-0.2, 0) is 17.9 Å². The summed E-state index contributed by atoms with van der Waals surface area (Å²) in [5, 5.41) is 2.90. The quantitative estimate of drug-likeness (QED) is 0.561. The normalized spacial score (nSPS) is 10.7. The standard InChI is InChI=1S/C22H19N3O2/c26-22(14-25-16-23-20-8-4-5-9-21(20)25)24-18-10-12-19(13-11-18)27-15-17-6-2-1-3-7-17/h1-13,16H,14-15H2,(H,24,26). The first-order chi connectivity index (χ1) is 13.3. The van der Waals surface area contributed by atoms with Crippen LogP contribution in [0.4, 0.5) is 5.69 Å². The van der Waals surface area contributed by atoms with Gasteiger partial charge in [-0.2, -0.15) is 0 Å². The molecule has 5 heteroatoms. The molecule has 0 aliphatic carbocycles. The Hall–Kier alpha value is -3.60. The molecule has 0 aliphatic rings. The number of ether oxygens (including phenoxy) is 1. The van der Waals surface area contributed by atoms with Crippen LogP contribution in [0.1, 0.15) is 5.56 Å². The second-order valence-electron chi connectivity index (χ2n) is 6.21. The largest absolute Gasteiger partial charge is 0.489 e. The summed E-state index contributed by atoms with van der Waals surface area (Å²) in [6.45, 7) is 0.729. The van der Waals surface area contributed by atoms with Gasteiger partial charge in [0.15, 0.2) is 0 Å². The molecule has 3 aromatic carbocycles. The Morgan fingerprint density at radius 2 is 1.67 bits per heavy atom. The van der Waals surface area contributed by atoms with E-state index >= 15 is 0 Å². The summed E-state index contributed by atoms with van der Waals surface area (Å²) in [5.41, 5.74) is 3.67. The Kier molecular flexibility index (Phi) is 4.83. The van der Waals surface area contributed by atoms with E-state index in [9.17, 15) is 4.79 Å². The van der Waals surface area contributed by atoms with Crippen LogP contribution in [0.2, 0.25) is 0 Å². The number of aromatic nitrogens is 2. The van der Waals surface area contributed by atoms with Crippen molar-refractivity contribution in [1.29, 1.82) is 0 Å². The maximum atomic E-state index is 12.3. The van der Waals surface area contributed by atoms with Crippen LogP contribution < -0.4 is 10.1 Å². The van der Waals surface area contributed by atoms with Crippen LogP contribution in [-0.4, -0.2) is 15.5 Å². The Bertz CT molecular complexity index is 1040. The monoisotopic (exact) mass is 357 g/mol. The molecule has 0 aliphatic heterocycles. The minimum absolute atomic E-state index is 0.101. The van der Waals surface area contributed by atoms with E-state index in [1.165, 1.54) is 0 Å². The van der Waals surface area contributed by atoms with E-state index < -0.39 is 0 Å². The summed E-state index contributed by atoms with van der Waals surface area (Å²) >= 11 is 0. The zero-order valence-electron chi connectivity index (χ0n) is 14.7. The van der Waals surface area contributed by atoms with Crippen molar-refractivity contribution in [2.75, 3.05) is 5.32 Å². The van der Waals surface area contributed by atoms with E-state index in [2.05, 4.69) is 10.3 Å². The molecule has 0 spiro atoms. The molecule has 0 atom stereocenters. The molecule has 0 unspecified atom stereocenters. The van der Waals surface area contributed by atoms with Crippen molar-refractivity contribution >= 4 is 22.6 Å². The van der Waals surface area contributed by atoms with E-state index in [1.807, 2.05) is 83.4 Å². The van der Waals surface area contributed by atoms with Gasteiger partial charge in [0, 0.05) is 5.69 Å². The first-order valence-electron chi connectivity index (χ1n) is 8.74. The van der Waals surface area contributed by atoms with Crippen LogP contribution in [0, 0.1) is 0 Å². The van der Waals surface area contributed by atoms with Gasteiger partial charge in [-0.1, -0.05) is 42.5 Å². The highest BCUT2D eigenvalue weighted by Gasteiger charge is 2.07. The summed E-state index contributed by atoms with van der Waals surface area (Å²) in [5.74, 6) is 0.661. The lowest BCUT2D eigenvalue weighted by Gasteiger charge is -2.09. The second kappa shape index (κ2) is 7.74. The molecule has 5 nitrogen and oxygen atoms in total. The molecule has 0 fully saturated rings. The SMILES string of the molecule is O=C(Cn1cnc2ccccc21)Nc1ccc(OCc2ccccc2)cc1. The Morgan fingerprint density at radius 1 is 0.926 bits per heavy atom. The molecule has 1 heterocycles. The third kappa shape index (κ3) is 4.15. The number of rotatable bonds is 6. The maximum Gasteiger partial charge on any atom is 0.244 e. The van der Waals surface area contributed by atoms with Crippen molar-refractivity contribution in [1.82, 2.24) is 9.55 Å². The molecule has 1 aromatic heterocycles. The van der Waals surface area contributed by atoms with Crippen LogP contribution in [0.3, 0.4) is 0 Å². The van der Waals surface area contributed by atoms with Crippen molar-refractivity contribution in [3.05, 3.63) is 90.8 Å². The molecular weight excluding hydrogens is 338 g/mol. The lowest BCUT2D eigenvalue weighted by atomic mass is 10.2. The minimum Gasteiger partial charge on any atom is -0.489 e. The van der Waals surface area contributed by atoms with Gasteiger partial charge >= 0.3 is 0 Å². The average Bonchev–Trinajstić information content (AvgIpc) is 3.11. The lowest BCUT2D eigenvalue weighted by molar-refractivity contribution is -0.116. The highest BCUT2D eigenvalue weighted by Crippen LogP contribution is 2.18. The molecule has 4 rings (SSSR count). The zero-order valence-corrected chi connectivity index (χ0v) is 14.7. The Morgan fingerprint density at radius 3 is 2.48 bits per heavy atom. The van der Waals surface area contributed by atoms with Gasteiger partial charge in [-0.15, -0.1) is 0 Å². The Labute approximate surface area is 157 Å². The van der Waals surface area contributed by atoms with E-state index in [-0.39, 0.29) is 12.5 Å². The van der Waals surface area contributed by atoms with Crippen LogP contribution in [0.5, 0.6) is 5.75 Å². The van der Waals surface area contributed by atoms with Gasteiger partial charge < -0.3 is 14.6 Å². The van der Waals surface area contributed by atoms with Gasteiger partial charge in [-0.25, -0.2) is 4.98 Å². The number of hydrogen-bond donors (Lipinski definition) is 1. The molecule has 1 N–H and O–H groups in total. The fraction of sp³-hybridized carbons (Fsp3) is 0.0909. The number of imidazole rings is 1. The summed E-state index contributed by atoms with van der Waals surface area (Å²) in [6, 6.07) is 25.1. The summed E-state index contributed by atoms with van der Waals surface area (Å²) < 4.78 is 7.60. The minimum atomic E-state index is -0.101. The molecule has 0 bridgehead atoms. The molecular formula is C22H19N3O2.